The van der Waals surface area contributed by atoms with Gasteiger partial charge in [0, 0.05) is 19.8 Å². The number of benzene rings is 1. The predicted molar refractivity (Wildman–Crippen MR) is 55.1 cm³/mol. The molecule has 0 bridgehead atoms. The Kier molecular flexibility index (Phi) is 4.80. The molecule has 4 heteroatoms. The zero-order valence-electron chi connectivity index (χ0n) is 8.80. The van der Waals surface area contributed by atoms with Crippen LogP contribution in [-0.4, -0.2) is 33.4 Å². The van der Waals surface area contributed by atoms with E-state index in [2.05, 4.69) is 0 Å². The molecular weight excluding hydrogens is 196 g/mol. The quantitative estimate of drug-likeness (QED) is 0.527. The number of aldehydes is 1. The number of ether oxygens (including phenoxy) is 3. The Labute approximate surface area is 88.8 Å². The maximum Gasteiger partial charge on any atom is 0.191 e. The zero-order valence-corrected chi connectivity index (χ0v) is 8.80. The highest BCUT2D eigenvalue weighted by atomic mass is 16.7. The van der Waals surface area contributed by atoms with Gasteiger partial charge in [-0.3, -0.25) is 4.79 Å². The fourth-order valence-electron chi connectivity index (χ4n) is 1.04. The highest BCUT2D eigenvalue weighted by Gasteiger charge is 2.05. The number of carbonyl (C=O) groups excluding carboxylic acids is 1. The Morgan fingerprint density at radius 3 is 2.27 bits per heavy atom. The van der Waals surface area contributed by atoms with Crippen LogP contribution in [0.25, 0.3) is 0 Å². The molecule has 0 aromatic heterocycles. The number of methoxy groups -OCH3 is 2. The van der Waals surface area contributed by atoms with Crippen LogP contribution in [0.5, 0.6) is 5.75 Å². The maximum atomic E-state index is 10.4. The van der Waals surface area contributed by atoms with E-state index in [0.29, 0.717) is 17.9 Å². The van der Waals surface area contributed by atoms with E-state index in [1.54, 1.807) is 38.5 Å². The molecule has 0 amide bonds. The van der Waals surface area contributed by atoms with Gasteiger partial charge in [0.05, 0.1) is 0 Å². The predicted octanol–water partition coefficient (Wildman–Crippen LogP) is 1.50. The van der Waals surface area contributed by atoms with Crippen LogP contribution in [0.3, 0.4) is 0 Å². The summed E-state index contributed by atoms with van der Waals surface area (Å²) in [5.74, 6) is 0.680. The molecule has 4 nitrogen and oxygen atoms in total. The van der Waals surface area contributed by atoms with Gasteiger partial charge in [-0.1, -0.05) is 0 Å². The number of hydrogen-bond donors (Lipinski definition) is 0. The number of hydrogen-bond acceptors (Lipinski definition) is 4. The van der Waals surface area contributed by atoms with E-state index >= 15 is 0 Å². The standard InChI is InChI=1S/C11H14O4/c1-13-11(14-2)8-15-10-5-3-9(7-12)4-6-10/h3-7,11H,8H2,1-2H3. The molecule has 1 aromatic carbocycles. The molecule has 0 fully saturated rings. The molecule has 0 unspecified atom stereocenters. The summed E-state index contributed by atoms with van der Waals surface area (Å²) in [7, 11) is 3.10. The van der Waals surface area contributed by atoms with E-state index in [1.807, 2.05) is 0 Å². The van der Waals surface area contributed by atoms with Gasteiger partial charge in [-0.15, -0.1) is 0 Å². The van der Waals surface area contributed by atoms with E-state index in [-0.39, 0.29) is 6.29 Å². The maximum absolute atomic E-state index is 10.4. The van der Waals surface area contributed by atoms with Crippen molar-refractivity contribution in [2.45, 2.75) is 6.29 Å². The summed E-state index contributed by atoms with van der Waals surface area (Å²) in [6.45, 7) is 0.313. The van der Waals surface area contributed by atoms with Crippen molar-refractivity contribution in [1.29, 1.82) is 0 Å². The Morgan fingerprint density at radius 1 is 1.20 bits per heavy atom. The molecule has 82 valence electrons. The van der Waals surface area contributed by atoms with Crippen molar-refractivity contribution < 1.29 is 19.0 Å². The molecule has 1 aromatic rings. The first kappa shape index (κ1) is 11.7. The lowest BCUT2D eigenvalue weighted by atomic mass is 10.2. The van der Waals surface area contributed by atoms with Crippen molar-refractivity contribution >= 4 is 6.29 Å². The fraction of sp³-hybridized carbons (Fsp3) is 0.364. The Hall–Kier alpha value is -1.39. The summed E-state index contributed by atoms with van der Waals surface area (Å²) in [6.07, 6.45) is 0.410. The van der Waals surface area contributed by atoms with E-state index in [1.165, 1.54) is 0 Å². The molecule has 1 rings (SSSR count). The number of rotatable bonds is 6. The van der Waals surface area contributed by atoms with Gasteiger partial charge in [0.1, 0.15) is 18.6 Å². The smallest absolute Gasteiger partial charge is 0.191 e. The minimum atomic E-state index is -0.379. The molecule has 0 saturated carbocycles. The molecular formula is C11H14O4. The lowest BCUT2D eigenvalue weighted by Crippen LogP contribution is -2.21. The largest absolute Gasteiger partial charge is 0.488 e. The Balaban J connectivity index is 2.46. The Bertz CT molecular complexity index is 290. The molecule has 15 heavy (non-hydrogen) atoms. The summed E-state index contributed by atoms with van der Waals surface area (Å²) in [5.41, 5.74) is 0.623. The van der Waals surface area contributed by atoms with E-state index in [0.717, 1.165) is 6.29 Å². The van der Waals surface area contributed by atoms with Gasteiger partial charge in [0.2, 0.25) is 0 Å². The second-order valence-electron chi connectivity index (χ2n) is 2.90. The second kappa shape index (κ2) is 6.16. The van der Waals surface area contributed by atoms with Crippen molar-refractivity contribution in [3.05, 3.63) is 29.8 Å². The molecule has 0 aliphatic heterocycles. The van der Waals surface area contributed by atoms with Gasteiger partial charge < -0.3 is 14.2 Å². The van der Waals surface area contributed by atoms with Crippen molar-refractivity contribution in [3.63, 3.8) is 0 Å². The van der Waals surface area contributed by atoms with E-state index in [4.69, 9.17) is 14.2 Å². The Morgan fingerprint density at radius 2 is 1.80 bits per heavy atom. The van der Waals surface area contributed by atoms with Gasteiger partial charge >= 0.3 is 0 Å². The van der Waals surface area contributed by atoms with E-state index in [9.17, 15) is 4.79 Å². The first-order valence-electron chi connectivity index (χ1n) is 4.53. The topological polar surface area (TPSA) is 44.8 Å². The third-order valence-electron chi connectivity index (χ3n) is 1.93. The van der Waals surface area contributed by atoms with Gasteiger partial charge in [0.15, 0.2) is 6.29 Å². The molecule has 0 aliphatic rings. The summed E-state index contributed by atoms with van der Waals surface area (Å²) >= 11 is 0. The third-order valence-corrected chi connectivity index (χ3v) is 1.93. The van der Waals surface area contributed by atoms with Crippen LogP contribution in [0.2, 0.25) is 0 Å². The SMILES string of the molecule is COC(COc1ccc(C=O)cc1)OC. The average molecular weight is 210 g/mol. The molecule has 0 aliphatic carbocycles. The highest BCUT2D eigenvalue weighted by molar-refractivity contribution is 5.74. The van der Waals surface area contributed by atoms with Crippen LogP contribution in [0.1, 0.15) is 10.4 Å². The second-order valence-corrected chi connectivity index (χ2v) is 2.90. The van der Waals surface area contributed by atoms with Gasteiger partial charge in [0.25, 0.3) is 0 Å². The van der Waals surface area contributed by atoms with Crippen LogP contribution in [0.4, 0.5) is 0 Å². The molecule has 0 spiro atoms. The van der Waals surface area contributed by atoms with Crippen molar-refractivity contribution in [2.75, 3.05) is 20.8 Å². The molecule has 0 N–H and O–H groups in total. The lowest BCUT2D eigenvalue weighted by Gasteiger charge is -2.14. The zero-order chi connectivity index (χ0) is 11.1. The summed E-state index contributed by atoms with van der Waals surface area (Å²) in [4.78, 5) is 10.4. The molecule has 0 atom stereocenters. The van der Waals surface area contributed by atoms with Crippen molar-refractivity contribution in [3.8, 4) is 5.75 Å². The normalized spacial score (nSPS) is 10.3. The van der Waals surface area contributed by atoms with Gasteiger partial charge in [-0.2, -0.15) is 0 Å². The van der Waals surface area contributed by atoms with Gasteiger partial charge in [-0.05, 0) is 24.3 Å². The summed E-state index contributed by atoms with van der Waals surface area (Å²) < 4.78 is 15.3. The summed E-state index contributed by atoms with van der Waals surface area (Å²) in [6, 6.07) is 6.84. The molecule has 0 radical (unpaired) electrons. The van der Waals surface area contributed by atoms with Crippen LogP contribution in [0, 0.1) is 0 Å². The lowest BCUT2D eigenvalue weighted by molar-refractivity contribution is -0.121. The fourth-order valence-corrected chi connectivity index (χ4v) is 1.04. The highest BCUT2D eigenvalue weighted by Crippen LogP contribution is 2.11. The minimum absolute atomic E-state index is 0.313. The molecule has 0 heterocycles. The average Bonchev–Trinajstić information content (AvgIpc) is 2.31. The van der Waals surface area contributed by atoms with Crippen LogP contribution in [-0.2, 0) is 9.47 Å². The first-order chi connectivity index (χ1) is 7.30. The van der Waals surface area contributed by atoms with E-state index < -0.39 is 0 Å². The van der Waals surface area contributed by atoms with Crippen LogP contribution in [0.15, 0.2) is 24.3 Å². The first-order valence-corrected chi connectivity index (χ1v) is 4.53. The van der Waals surface area contributed by atoms with Crippen LogP contribution >= 0.6 is 0 Å². The van der Waals surface area contributed by atoms with Crippen LogP contribution < -0.4 is 4.74 Å². The van der Waals surface area contributed by atoms with Crippen molar-refractivity contribution in [1.82, 2.24) is 0 Å². The molecule has 0 saturated heterocycles. The monoisotopic (exact) mass is 210 g/mol. The number of carbonyl (C=O) groups is 1. The van der Waals surface area contributed by atoms with Gasteiger partial charge in [-0.25, -0.2) is 0 Å². The third kappa shape index (κ3) is 3.69. The minimum Gasteiger partial charge on any atom is -0.488 e. The summed E-state index contributed by atoms with van der Waals surface area (Å²) in [5, 5.41) is 0. The van der Waals surface area contributed by atoms with Crippen molar-refractivity contribution in [2.24, 2.45) is 0 Å².